The number of nitrogens with one attached hydrogen (secondary N) is 1. The summed E-state index contributed by atoms with van der Waals surface area (Å²) < 4.78 is 0. The molecule has 0 aliphatic rings. The maximum Gasteiger partial charge on any atom is 0.130 e. The molecule has 3 nitrogen and oxygen atoms in total. The van der Waals surface area contributed by atoms with E-state index in [0.717, 1.165) is 18.1 Å². The van der Waals surface area contributed by atoms with E-state index >= 15 is 0 Å². The highest BCUT2D eigenvalue weighted by Crippen LogP contribution is 2.20. The van der Waals surface area contributed by atoms with Gasteiger partial charge in [0, 0.05) is 29.9 Å². The van der Waals surface area contributed by atoms with Crippen molar-refractivity contribution in [2.75, 3.05) is 17.3 Å². The Labute approximate surface area is 132 Å². The fourth-order valence-corrected chi connectivity index (χ4v) is 2.98. The van der Waals surface area contributed by atoms with Crippen molar-refractivity contribution >= 4 is 23.0 Å². The Morgan fingerprint density at radius 1 is 1.24 bits per heavy atom. The average molecular weight is 303 g/mol. The van der Waals surface area contributed by atoms with E-state index in [-0.39, 0.29) is 5.54 Å². The van der Waals surface area contributed by atoms with Crippen LogP contribution in [-0.4, -0.2) is 23.6 Å². The van der Waals surface area contributed by atoms with Crippen molar-refractivity contribution in [2.24, 2.45) is 0 Å². The number of nitrogens with zero attached hydrogens (tertiary/aromatic N) is 2. The van der Waals surface area contributed by atoms with E-state index in [1.54, 1.807) is 0 Å². The lowest BCUT2D eigenvalue weighted by molar-refractivity contribution is 0.629. The molecule has 2 aromatic rings. The summed E-state index contributed by atoms with van der Waals surface area (Å²) in [6.07, 6.45) is 1.05. The molecule has 2 rings (SSSR count). The van der Waals surface area contributed by atoms with E-state index in [0.29, 0.717) is 6.04 Å². The highest BCUT2D eigenvalue weighted by atomic mass is 32.1. The van der Waals surface area contributed by atoms with Gasteiger partial charge in [-0.15, -0.1) is 11.3 Å². The van der Waals surface area contributed by atoms with E-state index in [1.165, 1.54) is 4.88 Å². The SMILES string of the molecule is CC(Cc1cccs1)N(C)c1cccc(NC(C)(C)C)n1. The van der Waals surface area contributed by atoms with Gasteiger partial charge in [-0.3, -0.25) is 0 Å². The topological polar surface area (TPSA) is 28.2 Å². The Hall–Kier alpha value is -1.55. The molecule has 2 heterocycles. The number of likely N-dealkylation sites (N-methyl/N-ethyl adjacent to an activating group) is 1. The number of hydrogen-bond donors (Lipinski definition) is 1. The monoisotopic (exact) mass is 303 g/mol. The Morgan fingerprint density at radius 3 is 2.62 bits per heavy atom. The normalized spacial score (nSPS) is 13.0. The molecule has 0 spiro atoms. The summed E-state index contributed by atoms with van der Waals surface area (Å²) in [6.45, 7) is 8.67. The first-order chi connectivity index (χ1) is 9.85. The van der Waals surface area contributed by atoms with Gasteiger partial charge in [0.05, 0.1) is 0 Å². The van der Waals surface area contributed by atoms with Crippen molar-refractivity contribution in [1.82, 2.24) is 4.98 Å². The zero-order chi connectivity index (χ0) is 15.5. The second-order valence-corrected chi connectivity index (χ2v) is 7.53. The van der Waals surface area contributed by atoms with Gasteiger partial charge in [-0.25, -0.2) is 4.98 Å². The summed E-state index contributed by atoms with van der Waals surface area (Å²) in [6, 6.07) is 10.9. The van der Waals surface area contributed by atoms with Crippen molar-refractivity contribution in [3.63, 3.8) is 0 Å². The number of pyridine rings is 1. The average Bonchev–Trinajstić information content (AvgIpc) is 2.89. The molecular weight excluding hydrogens is 278 g/mol. The maximum absolute atomic E-state index is 4.73. The lowest BCUT2D eigenvalue weighted by Gasteiger charge is -2.27. The lowest BCUT2D eigenvalue weighted by atomic mass is 10.1. The first kappa shape index (κ1) is 15.8. The van der Waals surface area contributed by atoms with Crippen molar-refractivity contribution in [2.45, 2.75) is 45.7 Å². The second-order valence-electron chi connectivity index (χ2n) is 6.50. The van der Waals surface area contributed by atoms with Crippen LogP contribution < -0.4 is 10.2 Å². The molecule has 0 radical (unpaired) electrons. The van der Waals surface area contributed by atoms with Crippen LogP contribution in [0.5, 0.6) is 0 Å². The predicted molar refractivity (Wildman–Crippen MR) is 93.5 cm³/mol. The molecule has 0 saturated heterocycles. The van der Waals surface area contributed by atoms with E-state index in [1.807, 2.05) is 17.4 Å². The minimum Gasteiger partial charge on any atom is -0.365 e. The minimum atomic E-state index is 0.0206. The van der Waals surface area contributed by atoms with Crippen LogP contribution in [-0.2, 0) is 6.42 Å². The van der Waals surface area contributed by atoms with Crippen molar-refractivity contribution in [3.05, 3.63) is 40.6 Å². The van der Waals surface area contributed by atoms with Gasteiger partial charge in [0.2, 0.25) is 0 Å². The molecule has 21 heavy (non-hydrogen) atoms. The standard InChI is InChI=1S/C17H25N3S/c1-13(12-14-8-7-11-21-14)20(5)16-10-6-9-15(18-16)19-17(2,3)4/h6-11,13H,12H2,1-5H3,(H,18,19). The zero-order valence-electron chi connectivity index (χ0n) is 13.6. The Kier molecular flexibility index (Phi) is 4.88. The summed E-state index contributed by atoms with van der Waals surface area (Å²) in [7, 11) is 2.11. The highest BCUT2D eigenvalue weighted by Gasteiger charge is 2.14. The Morgan fingerprint density at radius 2 is 2.00 bits per heavy atom. The third-order valence-electron chi connectivity index (χ3n) is 3.34. The van der Waals surface area contributed by atoms with Crippen molar-refractivity contribution in [1.29, 1.82) is 0 Å². The maximum atomic E-state index is 4.73. The predicted octanol–water partition coefficient (Wildman–Crippen LogP) is 4.42. The number of hydrogen-bond acceptors (Lipinski definition) is 4. The molecule has 0 fully saturated rings. The fraction of sp³-hybridized carbons (Fsp3) is 0.471. The molecule has 1 unspecified atom stereocenters. The number of rotatable bonds is 5. The van der Waals surface area contributed by atoms with Crippen LogP contribution in [0.2, 0.25) is 0 Å². The van der Waals surface area contributed by atoms with Gasteiger partial charge in [-0.2, -0.15) is 0 Å². The van der Waals surface area contributed by atoms with E-state index in [9.17, 15) is 0 Å². The van der Waals surface area contributed by atoms with Crippen LogP contribution in [0.4, 0.5) is 11.6 Å². The van der Waals surface area contributed by atoms with Crippen LogP contribution in [0, 0.1) is 0 Å². The zero-order valence-corrected chi connectivity index (χ0v) is 14.4. The Balaban J connectivity index is 2.08. The minimum absolute atomic E-state index is 0.0206. The fourth-order valence-electron chi connectivity index (χ4n) is 2.16. The number of anilines is 2. The highest BCUT2D eigenvalue weighted by molar-refractivity contribution is 7.09. The van der Waals surface area contributed by atoms with Gasteiger partial charge in [0.1, 0.15) is 11.6 Å². The molecule has 1 N–H and O–H groups in total. The molecular formula is C17H25N3S. The summed E-state index contributed by atoms with van der Waals surface area (Å²) in [4.78, 5) is 8.39. The van der Waals surface area contributed by atoms with Crippen LogP contribution in [0.3, 0.4) is 0 Å². The second kappa shape index (κ2) is 6.48. The summed E-state index contributed by atoms with van der Waals surface area (Å²) in [5.41, 5.74) is 0.0206. The number of aromatic nitrogens is 1. The largest absolute Gasteiger partial charge is 0.365 e. The van der Waals surface area contributed by atoms with Crippen LogP contribution in [0.15, 0.2) is 35.7 Å². The van der Waals surface area contributed by atoms with Crippen molar-refractivity contribution < 1.29 is 0 Å². The van der Waals surface area contributed by atoms with Crippen LogP contribution in [0.1, 0.15) is 32.6 Å². The molecule has 4 heteroatoms. The van der Waals surface area contributed by atoms with Crippen LogP contribution >= 0.6 is 11.3 Å². The van der Waals surface area contributed by atoms with E-state index in [4.69, 9.17) is 4.98 Å². The first-order valence-electron chi connectivity index (χ1n) is 7.35. The van der Waals surface area contributed by atoms with Gasteiger partial charge in [-0.05, 0) is 51.3 Å². The van der Waals surface area contributed by atoms with E-state index < -0.39 is 0 Å². The third kappa shape index (κ3) is 4.74. The molecule has 0 amide bonds. The third-order valence-corrected chi connectivity index (χ3v) is 4.24. The molecule has 2 aromatic heterocycles. The van der Waals surface area contributed by atoms with Gasteiger partial charge < -0.3 is 10.2 Å². The molecule has 0 saturated carbocycles. The van der Waals surface area contributed by atoms with Gasteiger partial charge in [0.15, 0.2) is 0 Å². The van der Waals surface area contributed by atoms with Crippen molar-refractivity contribution in [3.8, 4) is 0 Å². The van der Waals surface area contributed by atoms with E-state index in [2.05, 4.69) is 74.6 Å². The molecule has 0 bridgehead atoms. The first-order valence-corrected chi connectivity index (χ1v) is 8.23. The smallest absolute Gasteiger partial charge is 0.130 e. The van der Waals surface area contributed by atoms with Gasteiger partial charge in [0.25, 0.3) is 0 Å². The number of thiophene rings is 1. The molecule has 0 aliphatic heterocycles. The molecule has 1 atom stereocenters. The molecule has 0 aromatic carbocycles. The summed E-state index contributed by atoms with van der Waals surface area (Å²) in [5.74, 6) is 1.93. The lowest BCUT2D eigenvalue weighted by Crippen LogP contribution is -2.32. The molecule has 114 valence electrons. The summed E-state index contributed by atoms with van der Waals surface area (Å²) in [5, 5.41) is 5.56. The van der Waals surface area contributed by atoms with Gasteiger partial charge >= 0.3 is 0 Å². The molecule has 0 aliphatic carbocycles. The van der Waals surface area contributed by atoms with Crippen LogP contribution in [0.25, 0.3) is 0 Å². The quantitative estimate of drug-likeness (QED) is 0.886. The van der Waals surface area contributed by atoms with Gasteiger partial charge in [-0.1, -0.05) is 12.1 Å². The summed E-state index contributed by atoms with van der Waals surface area (Å²) >= 11 is 1.82. The Bertz CT molecular complexity index is 558.